The van der Waals surface area contributed by atoms with Gasteiger partial charge in [0.15, 0.2) is 0 Å². The van der Waals surface area contributed by atoms with Crippen molar-refractivity contribution >= 4 is 58.5 Å². The van der Waals surface area contributed by atoms with Crippen LogP contribution >= 0.6 is 35.7 Å². The molecule has 0 amide bonds. The fourth-order valence-corrected chi connectivity index (χ4v) is 5.52. The van der Waals surface area contributed by atoms with Crippen molar-refractivity contribution in [3.63, 3.8) is 0 Å². The first-order valence-corrected chi connectivity index (χ1v) is 12.0. The minimum absolute atomic E-state index is 0. The number of ether oxygens (including phenoxy) is 2. The lowest BCUT2D eigenvalue weighted by Crippen LogP contribution is -2.36. The summed E-state index contributed by atoms with van der Waals surface area (Å²) in [5.41, 5.74) is 6.55. The minimum atomic E-state index is 0. The summed E-state index contributed by atoms with van der Waals surface area (Å²) >= 11 is 1.90. The van der Waals surface area contributed by atoms with Gasteiger partial charge in [0.05, 0.1) is 37.8 Å². The summed E-state index contributed by atoms with van der Waals surface area (Å²) in [4.78, 5) is 7.53. The van der Waals surface area contributed by atoms with Crippen molar-refractivity contribution in [3.8, 4) is 0 Å². The molecule has 2 fully saturated rings. The number of halogens is 1. The van der Waals surface area contributed by atoms with Crippen LogP contribution in [-0.2, 0) is 9.47 Å². The molecule has 0 saturated carbocycles. The molecule has 0 spiro atoms. The summed E-state index contributed by atoms with van der Waals surface area (Å²) in [5.74, 6) is 0.516. The molecule has 31 heavy (non-hydrogen) atoms. The van der Waals surface area contributed by atoms with E-state index >= 15 is 0 Å². The van der Waals surface area contributed by atoms with Crippen molar-refractivity contribution in [1.82, 2.24) is 0 Å². The lowest BCUT2D eigenvalue weighted by molar-refractivity contribution is 0.122. The van der Waals surface area contributed by atoms with Crippen LogP contribution in [0, 0.1) is 0 Å². The van der Waals surface area contributed by atoms with Gasteiger partial charge in [0, 0.05) is 47.3 Å². The summed E-state index contributed by atoms with van der Waals surface area (Å²) in [6.07, 6.45) is 1.13. The van der Waals surface area contributed by atoms with Gasteiger partial charge in [0.1, 0.15) is 0 Å². The molecule has 0 aliphatic carbocycles. The third-order valence-electron chi connectivity index (χ3n) is 6.46. The standard InChI is InChI=1S/C24H31N3O2S.HI/c1-3-17(2)20-14-19(27-8-12-29-13-9-27)16-23-24(20)25-21-5-4-18(15-22(21)30-23)26-6-10-28-11-7-26;/h4-5,14-17,25H,3,6-13H2,1-2H3;1H. The second-order valence-corrected chi connectivity index (χ2v) is 9.41. The Labute approximate surface area is 206 Å². The van der Waals surface area contributed by atoms with Crippen molar-refractivity contribution in [1.29, 1.82) is 0 Å². The lowest BCUT2D eigenvalue weighted by Gasteiger charge is -2.33. The van der Waals surface area contributed by atoms with Gasteiger partial charge in [-0.25, -0.2) is 0 Å². The van der Waals surface area contributed by atoms with Crippen LogP contribution < -0.4 is 15.1 Å². The van der Waals surface area contributed by atoms with Crippen LogP contribution in [-0.4, -0.2) is 52.6 Å². The topological polar surface area (TPSA) is 37.0 Å². The van der Waals surface area contributed by atoms with Gasteiger partial charge in [0.25, 0.3) is 0 Å². The van der Waals surface area contributed by atoms with Gasteiger partial charge in [-0.15, -0.1) is 24.0 Å². The highest BCUT2D eigenvalue weighted by Crippen LogP contribution is 2.50. The van der Waals surface area contributed by atoms with Crippen molar-refractivity contribution in [2.45, 2.75) is 36.0 Å². The quantitative estimate of drug-likeness (QED) is 0.418. The van der Waals surface area contributed by atoms with E-state index in [1.807, 2.05) is 11.8 Å². The number of hydrogen-bond donors (Lipinski definition) is 1. The van der Waals surface area contributed by atoms with Crippen LogP contribution in [0.15, 0.2) is 40.1 Å². The minimum Gasteiger partial charge on any atom is -0.378 e. The molecule has 1 unspecified atom stereocenters. The molecule has 2 aromatic rings. The molecule has 1 atom stereocenters. The molecule has 3 aliphatic rings. The van der Waals surface area contributed by atoms with Crippen molar-refractivity contribution < 1.29 is 9.47 Å². The van der Waals surface area contributed by atoms with Crippen LogP contribution in [0.25, 0.3) is 0 Å². The van der Waals surface area contributed by atoms with Gasteiger partial charge < -0.3 is 24.6 Å². The summed E-state index contributed by atoms with van der Waals surface area (Å²) in [6, 6.07) is 11.6. The molecule has 5 nitrogen and oxygen atoms in total. The monoisotopic (exact) mass is 553 g/mol. The molecule has 0 bridgehead atoms. The number of hydrogen-bond acceptors (Lipinski definition) is 6. The van der Waals surface area contributed by atoms with E-state index in [4.69, 9.17) is 9.47 Å². The summed E-state index contributed by atoms with van der Waals surface area (Å²) in [6.45, 7) is 11.7. The zero-order valence-electron chi connectivity index (χ0n) is 18.4. The maximum Gasteiger partial charge on any atom is 0.0642 e. The Balaban J connectivity index is 0.00000231. The third kappa shape index (κ3) is 4.79. The first-order valence-electron chi connectivity index (χ1n) is 11.1. The molecule has 2 saturated heterocycles. The number of benzene rings is 2. The fraction of sp³-hybridized carbons (Fsp3) is 0.500. The van der Waals surface area contributed by atoms with Gasteiger partial charge in [-0.1, -0.05) is 25.6 Å². The highest BCUT2D eigenvalue weighted by Gasteiger charge is 2.25. The summed E-state index contributed by atoms with van der Waals surface area (Å²) in [7, 11) is 0. The van der Waals surface area contributed by atoms with E-state index in [0.717, 1.165) is 59.0 Å². The van der Waals surface area contributed by atoms with E-state index in [1.54, 1.807) is 0 Å². The average Bonchev–Trinajstić information content (AvgIpc) is 2.82. The van der Waals surface area contributed by atoms with Gasteiger partial charge in [0.2, 0.25) is 0 Å². The van der Waals surface area contributed by atoms with Gasteiger partial charge in [-0.3, -0.25) is 0 Å². The highest BCUT2D eigenvalue weighted by molar-refractivity contribution is 14.0. The molecule has 3 aliphatic heterocycles. The first kappa shape index (κ1) is 23.0. The molecule has 168 valence electrons. The molecular weight excluding hydrogens is 521 g/mol. The van der Waals surface area contributed by atoms with Gasteiger partial charge in [-0.05, 0) is 48.2 Å². The SMILES string of the molecule is CCC(C)c1cc(N2CCOCC2)cc2c1Nc1ccc(N3CCOCC3)cc1S2.I. The average molecular weight is 554 g/mol. The highest BCUT2D eigenvalue weighted by atomic mass is 127. The summed E-state index contributed by atoms with van der Waals surface area (Å²) < 4.78 is 11.1. The number of fused-ring (bicyclic) bond motifs is 2. The Morgan fingerprint density at radius 1 is 0.903 bits per heavy atom. The smallest absolute Gasteiger partial charge is 0.0642 e. The Morgan fingerprint density at radius 2 is 1.52 bits per heavy atom. The van der Waals surface area contributed by atoms with Gasteiger partial charge >= 0.3 is 0 Å². The largest absolute Gasteiger partial charge is 0.378 e. The van der Waals surface area contributed by atoms with E-state index in [9.17, 15) is 0 Å². The number of morpholine rings is 2. The van der Waals surface area contributed by atoms with Crippen LogP contribution in [0.5, 0.6) is 0 Å². The molecule has 3 heterocycles. The molecule has 7 heteroatoms. The van der Waals surface area contributed by atoms with E-state index in [2.05, 4.69) is 59.3 Å². The van der Waals surface area contributed by atoms with E-state index < -0.39 is 0 Å². The molecule has 2 aromatic carbocycles. The number of rotatable bonds is 4. The fourth-order valence-electron chi connectivity index (χ4n) is 4.42. The second-order valence-electron chi connectivity index (χ2n) is 8.32. The number of anilines is 4. The van der Waals surface area contributed by atoms with Crippen molar-refractivity contribution in [2.75, 3.05) is 67.7 Å². The molecule has 1 N–H and O–H groups in total. The Morgan fingerprint density at radius 3 is 2.16 bits per heavy atom. The Bertz CT molecular complexity index is 914. The van der Waals surface area contributed by atoms with E-state index in [-0.39, 0.29) is 24.0 Å². The van der Waals surface area contributed by atoms with Crippen LogP contribution in [0.3, 0.4) is 0 Å². The number of nitrogens with zero attached hydrogens (tertiary/aromatic N) is 2. The second kappa shape index (κ2) is 10.2. The van der Waals surface area contributed by atoms with E-state index in [1.165, 1.54) is 38.1 Å². The Hall–Kier alpha value is -1.16. The lowest BCUT2D eigenvalue weighted by atomic mass is 9.95. The van der Waals surface area contributed by atoms with Crippen molar-refractivity contribution in [3.05, 3.63) is 35.9 Å². The third-order valence-corrected chi connectivity index (χ3v) is 7.56. The predicted molar refractivity (Wildman–Crippen MR) is 140 cm³/mol. The maximum absolute atomic E-state index is 5.58. The van der Waals surface area contributed by atoms with Gasteiger partial charge in [-0.2, -0.15) is 0 Å². The summed E-state index contributed by atoms with van der Waals surface area (Å²) in [5, 5.41) is 3.78. The van der Waals surface area contributed by atoms with Crippen LogP contribution in [0.2, 0.25) is 0 Å². The van der Waals surface area contributed by atoms with Crippen molar-refractivity contribution in [2.24, 2.45) is 0 Å². The van der Waals surface area contributed by atoms with Crippen LogP contribution in [0.4, 0.5) is 22.7 Å². The Kier molecular flexibility index (Phi) is 7.56. The number of nitrogens with one attached hydrogen (secondary N) is 1. The zero-order valence-corrected chi connectivity index (χ0v) is 21.5. The van der Waals surface area contributed by atoms with Crippen LogP contribution in [0.1, 0.15) is 31.7 Å². The maximum atomic E-state index is 5.58. The molecule has 0 aromatic heterocycles. The predicted octanol–water partition coefficient (Wildman–Crippen LogP) is 5.70. The molecular formula is C24H32IN3O2S. The molecule has 5 rings (SSSR count). The molecule has 0 radical (unpaired) electrons. The zero-order chi connectivity index (χ0) is 20.5. The first-order chi connectivity index (χ1) is 14.7. The normalized spacial score (nSPS) is 19.0. The van der Waals surface area contributed by atoms with E-state index in [0.29, 0.717) is 5.92 Å².